The number of carbonyl (C=O) groups is 2. The normalized spacial score (nSPS) is 20.5. The molecule has 0 bridgehead atoms. The van der Waals surface area contributed by atoms with E-state index in [1.165, 1.54) is 50.7 Å². The molecule has 1 aliphatic carbocycles. The zero-order chi connectivity index (χ0) is 30.6. The van der Waals surface area contributed by atoms with Gasteiger partial charge in [-0.15, -0.1) is 0 Å². The summed E-state index contributed by atoms with van der Waals surface area (Å²) in [5.41, 5.74) is 1.96. The average Bonchev–Trinajstić information content (AvgIpc) is 3.40. The maximum absolute atomic E-state index is 13.9. The number of nitrogens with zero attached hydrogens (tertiary/aromatic N) is 1. The molecule has 43 heavy (non-hydrogen) atoms. The number of fused-ring (bicyclic) bond motifs is 3. The highest BCUT2D eigenvalue weighted by Crippen LogP contribution is 2.47. The number of carbonyl (C=O) groups excluding carboxylic acids is 2. The van der Waals surface area contributed by atoms with Crippen LogP contribution in [0.5, 0.6) is 5.75 Å². The number of aliphatic hydroxyl groups is 2. The number of amides is 2. The molecule has 0 spiro atoms. The van der Waals surface area contributed by atoms with Crippen molar-refractivity contribution in [2.45, 2.75) is 102 Å². The molecule has 1 aliphatic heterocycles. The summed E-state index contributed by atoms with van der Waals surface area (Å²) in [5.74, 6) is -0.712. The highest BCUT2D eigenvalue weighted by molar-refractivity contribution is 5.96. The smallest absolute Gasteiger partial charge is 0.247 e. The van der Waals surface area contributed by atoms with E-state index in [4.69, 9.17) is 4.74 Å². The zero-order valence-electron chi connectivity index (χ0n) is 25.3. The number of unbranched alkanes of at least 4 members (excludes halogenated alkanes) is 8. The van der Waals surface area contributed by atoms with Crippen LogP contribution < -0.4 is 10.1 Å². The third kappa shape index (κ3) is 8.67. The lowest BCUT2D eigenvalue weighted by Gasteiger charge is -2.41. The van der Waals surface area contributed by atoms with Crippen molar-refractivity contribution >= 4 is 11.8 Å². The van der Waals surface area contributed by atoms with Crippen LogP contribution in [0.3, 0.4) is 0 Å². The van der Waals surface area contributed by atoms with Gasteiger partial charge in [-0.1, -0.05) is 88.6 Å². The highest BCUT2D eigenvalue weighted by atomic mass is 19.1. The summed E-state index contributed by atoms with van der Waals surface area (Å²) in [6, 6.07) is 12.9. The van der Waals surface area contributed by atoms with Crippen molar-refractivity contribution < 1.29 is 28.9 Å². The van der Waals surface area contributed by atoms with E-state index < -0.39 is 24.2 Å². The Bertz CT molecular complexity index is 1230. The Morgan fingerprint density at radius 2 is 1.70 bits per heavy atom. The van der Waals surface area contributed by atoms with Gasteiger partial charge >= 0.3 is 0 Å². The van der Waals surface area contributed by atoms with Crippen molar-refractivity contribution in [3.63, 3.8) is 0 Å². The molecular weight excluding hydrogens is 547 g/mol. The Labute approximate surface area is 255 Å². The molecule has 0 radical (unpaired) electrons. The molecule has 0 fully saturated rings. The standard InChI is InChI=1S/C35H47FN2O5/c1-2-3-4-5-6-7-8-9-10-18-31(40)38(21-19-25-14-13-15-26(36)23-25)29-24-28(35(42)37-20-22-39)32-27-16-11-12-17-30(27)43-34(32)33(29)41/h11-17,23-24,29,32-34,39,41H,2-10,18-22H2,1H3,(H,37,42)/t29-,32+,33+,34+/m1/s1. The largest absolute Gasteiger partial charge is 0.486 e. The van der Waals surface area contributed by atoms with E-state index in [1.54, 1.807) is 17.0 Å². The Hall–Kier alpha value is -3.23. The van der Waals surface area contributed by atoms with Crippen LogP contribution >= 0.6 is 0 Å². The first-order valence-electron chi connectivity index (χ1n) is 16.0. The monoisotopic (exact) mass is 594 g/mol. The first-order valence-corrected chi connectivity index (χ1v) is 16.0. The highest BCUT2D eigenvalue weighted by Gasteiger charge is 2.50. The van der Waals surface area contributed by atoms with Crippen LogP contribution in [0.1, 0.15) is 88.2 Å². The number of hydrogen-bond acceptors (Lipinski definition) is 5. The van der Waals surface area contributed by atoms with Crippen molar-refractivity contribution in [1.29, 1.82) is 0 Å². The van der Waals surface area contributed by atoms with E-state index in [1.807, 2.05) is 30.3 Å². The van der Waals surface area contributed by atoms with E-state index in [2.05, 4.69) is 12.2 Å². The summed E-state index contributed by atoms with van der Waals surface area (Å²) >= 11 is 0. The van der Waals surface area contributed by atoms with Crippen LogP contribution in [0.2, 0.25) is 0 Å². The fourth-order valence-corrected chi connectivity index (χ4v) is 6.30. The van der Waals surface area contributed by atoms with E-state index >= 15 is 0 Å². The molecule has 0 aromatic heterocycles. The van der Waals surface area contributed by atoms with E-state index in [0.29, 0.717) is 24.2 Å². The molecule has 1 heterocycles. The number of nitrogens with one attached hydrogen (secondary N) is 1. The van der Waals surface area contributed by atoms with Gasteiger partial charge in [-0.05, 0) is 42.7 Å². The second-order valence-electron chi connectivity index (χ2n) is 11.7. The van der Waals surface area contributed by atoms with Crippen molar-refractivity contribution in [2.75, 3.05) is 19.7 Å². The molecule has 4 atom stereocenters. The van der Waals surface area contributed by atoms with E-state index in [9.17, 15) is 24.2 Å². The van der Waals surface area contributed by atoms with Crippen LogP contribution in [0.25, 0.3) is 0 Å². The van der Waals surface area contributed by atoms with Crippen molar-refractivity contribution in [3.05, 3.63) is 77.1 Å². The minimum Gasteiger partial charge on any atom is -0.486 e. The maximum atomic E-state index is 13.9. The van der Waals surface area contributed by atoms with Gasteiger partial charge in [0.1, 0.15) is 23.8 Å². The molecular formula is C35H47FN2O5. The van der Waals surface area contributed by atoms with Gasteiger partial charge in [0, 0.05) is 30.6 Å². The molecule has 2 aromatic rings. The predicted molar refractivity (Wildman–Crippen MR) is 165 cm³/mol. The van der Waals surface area contributed by atoms with Gasteiger partial charge in [0.2, 0.25) is 11.8 Å². The number of hydrogen-bond donors (Lipinski definition) is 3. The summed E-state index contributed by atoms with van der Waals surface area (Å²) in [5, 5.41) is 23.7. The number of benzene rings is 2. The molecule has 2 aromatic carbocycles. The third-order valence-corrected chi connectivity index (χ3v) is 8.58. The third-order valence-electron chi connectivity index (χ3n) is 8.58. The SMILES string of the molecule is CCCCCCCCCCCC(=O)N(CCc1cccc(F)c1)[C@@H]1C=C(C(=O)NCCO)[C@@H]2c3ccccc3O[C@@H]2[C@H]1O. The zero-order valence-corrected chi connectivity index (χ0v) is 25.3. The van der Waals surface area contributed by atoms with Gasteiger partial charge in [-0.25, -0.2) is 4.39 Å². The van der Waals surface area contributed by atoms with Gasteiger partial charge in [0.25, 0.3) is 0 Å². The lowest BCUT2D eigenvalue weighted by molar-refractivity contribution is -0.137. The lowest BCUT2D eigenvalue weighted by Crippen LogP contribution is -2.56. The molecule has 0 unspecified atom stereocenters. The number of aliphatic hydroxyl groups excluding tert-OH is 2. The van der Waals surface area contributed by atoms with Gasteiger partial charge in [0.05, 0.1) is 18.6 Å². The molecule has 0 saturated heterocycles. The van der Waals surface area contributed by atoms with Gasteiger partial charge in [0.15, 0.2) is 0 Å². The van der Waals surface area contributed by atoms with Crippen LogP contribution in [-0.2, 0) is 16.0 Å². The molecule has 0 saturated carbocycles. The van der Waals surface area contributed by atoms with Crippen molar-refractivity contribution in [3.8, 4) is 5.75 Å². The van der Waals surface area contributed by atoms with Crippen molar-refractivity contribution in [1.82, 2.24) is 10.2 Å². The molecule has 3 N–H and O–H groups in total. The Kier molecular flexibility index (Phi) is 12.6. The maximum Gasteiger partial charge on any atom is 0.247 e. The quantitative estimate of drug-likeness (QED) is 0.212. The van der Waals surface area contributed by atoms with E-state index in [0.717, 1.165) is 30.4 Å². The van der Waals surface area contributed by atoms with Crippen LogP contribution in [0, 0.1) is 5.82 Å². The summed E-state index contributed by atoms with van der Waals surface area (Å²) in [6.45, 7) is 2.35. The van der Waals surface area contributed by atoms with Crippen LogP contribution in [0.4, 0.5) is 4.39 Å². The average molecular weight is 595 g/mol. The molecule has 8 heteroatoms. The Morgan fingerprint density at radius 1 is 0.977 bits per heavy atom. The number of halogens is 1. The van der Waals surface area contributed by atoms with Crippen LogP contribution in [0.15, 0.2) is 60.2 Å². The first kappa shape index (κ1) is 32.7. The topological polar surface area (TPSA) is 99.1 Å². The lowest BCUT2D eigenvalue weighted by atomic mass is 9.77. The molecule has 2 amide bonds. The molecule has 4 rings (SSSR count). The number of para-hydroxylation sites is 1. The second-order valence-corrected chi connectivity index (χ2v) is 11.7. The first-order chi connectivity index (χ1) is 20.9. The molecule has 234 valence electrons. The number of rotatable bonds is 17. The van der Waals surface area contributed by atoms with Crippen molar-refractivity contribution in [2.24, 2.45) is 0 Å². The summed E-state index contributed by atoms with van der Waals surface area (Å²) < 4.78 is 20.1. The predicted octanol–water partition coefficient (Wildman–Crippen LogP) is 5.44. The summed E-state index contributed by atoms with van der Waals surface area (Å²) in [7, 11) is 0. The summed E-state index contributed by atoms with van der Waals surface area (Å²) in [6.07, 6.45) is 10.8. The van der Waals surface area contributed by atoms with Gasteiger partial charge < -0.3 is 25.2 Å². The van der Waals surface area contributed by atoms with E-state index in [-0.39, 0.29) is 37.3 Å². The minimum atomic E-state index is -1.08. The van der Waals surface area contributed by atoms with Gasteiger partial charge in [-0.3, -0.25) is 9.59 Å². The Balaban J connectivity index is 1.52. The van der Waals surface area contributed by atoms with Crippen LogP contribution in [-0.4, -0.2) is 64.9 Å². The second kappa shape index (κ2) is 16.6. The molecule has 2 aliphatic rings. The fourth-order valence-electron chi connectivity index (χ4n) is 6.30. The fraction of sp³-hybridized carbons (Fsp3) is 0.543. The minimum absolute atomic E-state index is 0.0874. The number of ether oxygens (including phenoxy) is 1. The summed E-state index contributed by atoms with van der Waals surface area (Å²) in [4.78, 5) is 28.8. The molecule has 7 nitrogen and oxygen atoms in total. The van der Waals surface area contributed by atoms with Gasteiger partial charge in [-0.2, -0.15) is 0 Å². The Morgan fingerprint density at radius 3 is 2.42 bits per heavy atom.